The van der Waals surface area contributed by atoms with Crippen LogP contribution in [0.2, 0.25) is 0 Å². The van der Waals surface area contributed by atoms with Crippen LogP contribution in [0.25, 0.3) is 0 Å². The summed E-state index contributed by atoms with van der Waals surface area (Å²) in [6.07, 6.45) is 0. The van der Waals surface area contributed by atoms with Gasteiger partial charge < -0.3 is 15.0 Å². The Kier molecular flexibility index (Phi) is 3.34. The molecule has 0 saturated heterocycles. The predicted molar refractivity (Wildman–Crippen MR) is 69.1 cm³/mol. The first kappa shape index (κ1) is 12.6. The Morgan fingerprint density at radius 2 is 2.11 bits per heavy atom. The van der Waals surface area contributed by atoms with Crippen LogP contribution < -0.4 is 10.2 Å². The standard InChI is InChI=1S/C13H16N2O3/c1-8(7-18-3)15(2)9-4-5-10-11(6-9)14-13(17)12(10)16/h4-6,8H,7H2,1-3H3,(H,14,16,17). The van der Waals surface area contributed by atoms with E-state index in [2.05, 4.69) is 5.32 Å². The number of anilines is 2. The molecule has 0 spiro atoms. The van der Waals surface area contributed by atoms with Crippen LogP contribution in [0.3, 0.4) is 0 Å². The van der Waals surface area contributed by atoms with E-state index in [-0.39, 0.29) is 6.04 Å². The minimum absolute atomic E-state index is 0.209. The third kappa shape index (κ3) is 2.09. The molecule has 1 aliphatic rings. The molecule has 0 saturated carbocycles. The van der Waals surface area contributed by atoms with Gasteiger partial charge in [-0.05, 0) is 25.1 Å². The molecular weight excluding hydrogens is 232 g/mol. The molecule has 1 heterocycles. The van der Waals surface area contributed by atoms with Crippen LogP contribution in [0.15, 0.2) is 18.2 Å². The Hall–Kier alpha value is -1.88. The first-order valence-electron chi connectivity index (χ1n) is 5.76. The van der Waals surface area contributed by atoms with Gasteiger partial charge in [-0.2, -0.15) is 0 Å². The zero-order valence-corrected chi connectivity index (χ0v) is 10.7. The maximum atomic E-state index is 11.5. The largest absolute Gasteiger partial charge is 0.383 e. The number of carbonyl (C=O) groups is 2. The number of likely N-dealkylation sites (N-methyl/N-ethyl adjacent to an activating group) is 1. The SMILES string of the molecule is COCC(C)N(C)c1ccc2c(c1)NC(=O)C2=O. The summed E-state index contributed by atoms with van der Waals surface area (Å²) in [6, 6.07) is 5.54. The van der Waals surface area contributed by atoms with Gasteiger partial charge in [0.25, 0.3) is 11.7 Å². The summed E-state index contributed by atoms with van der Waals surface area (Å²) in [7, 11) is 3.61. The molecule has 1 unspecified atom stereocenters. The average Bonchev–Trinajstić information content (AvgIpc) is 2.64. The summed E-state index contributed by atoms with van der Waals surface area (Å²) >= 11 is 0. The van der Waals surface area contributed by atoms with Crippen molar-refractivity contribution in [3.63, 3.8) is 0 Å². The Morgan fingerprint density at radius 3 is 2.78 bits per heavy atom. The first-order chi connectivity index (χ1) is 8.54. The van der Waals surface area contributed by atoms with Crippen LogP contribution in [0.4, 0.5) is 11.4 Å². The Balaban J connectivity index is 2.25. The second kappa shape index (κ2) is 4.78. The number of nitrogens with zero attached hydrogens (tertiary/aromatic N) is 1. The molecule has 1 aromatic rings. The summed E-state index contributed by atoms with van der Waals surface area (Å²) < 4.78 is 5.11. The fourth-order valence-electron chi connectivity index (χ4n) is 1.96. The first-order valence-corrected chi connectivity index (χ1v) is 5.76. The van der Waals surface area contributed by atoms with Gasteiger partial charge >= 0.3 is 0 Å². The summed E-state index contributed by atoms with van der Waals surface area (Å²) in [5.74, 6) is -1.03. The molecule has 1 aliphatic heterocycles. The molecule has 0 fully saturated rings. The maximum absolute atomic E-state index is 11.5. The van der Waals surface area contributed by atoms with E-state index >= 15 is 0 Å². The van der Waals surface area contributed by atoms with Crippen molar-refractivity contribution in [2.24, 2.45) is 0 Å². The molecular formula is C13H16N2O3. The molecule has 1 N–H and O–H groups in total. The number of hydrogen-bond donors (Lipinski definition) is 1. The van der Waals surface area contributed by atoms with Crippen molar-refractivity contribution in [2.75, 3.05) is 31.0 Å². The summed E-state index contributed by atoms with van der Waals surface area (Å²) in [5.41, 5.74) is 1.96. The molecule has 0 aliphatic carbocycles. The van der Waals surface area contributed by atoms with Crippen LogP contribution in [0.5, 0.6) is 0 Å². The van der Waals surface area contributed by atoms with Gasteiger partial charge in [-0.15, -0.1) is 0 Å². The normalized spacial score (nSPS) is 15.3. The number of benzene rings is 1. The lowest BCUT2D eigenvalue weighted by molar-refractivity contribution is -0.112. The molecule has 0 bridgehead atoms. The van der Waals surface area contributed by atoms with E-state index in [4.69, 9.17) is 4.74 Å². The zero-order chi connectivity index (χ0) is 13.3. The van der Waals surface area contributed by atoms with Crippen molar-refractivity contribution in [1.29, 1.82) is 0 Å². The van der Waals surface area contributed by atoms with Crippen LogP contribution in [-0.4, -0.2) is 38.5 Å². The lowest BCUT2D eigenvalue weighted by atomic mass is 10.1. The smallest absolute Gasteiger partial charge is 0.296 e. The van der Waals surface area contributed by atoms with Crippen molar-refractivity contribution >= 4 is 23.1 Å². The van der Waals surface area contributed by atoms with Crippen molar-refractivity contribution in [2.45, 2.75) is 13.0 Å². The van der Waals surface area contributed by atoms with Gasteiger partial charge in [0.15, 0.2) is 0 Å². The number of rotatable bonds is 4. The van der Waals surface area contributed by atoms with Gasteiger partial charge in [0, 0.05) is 25.9 Å². The van der Waals surface area contributed by atoms with Crippen LogP contribution >= 0.6 is 0 Å². The van der Waals surface area contributed by atoms with E-state index in [1.165, 1.54) is 0 Å². The summed E-state index contributed by atoms with van der Waals surface area (Å²) in [5, 5.41) is 2.57. The number of hydrogen-bond acceptors (Lipinski definition) is 4. The topological polar surface area (TPSA) is 58.6 Å². The molecule has 1 atom stereocenters. The van der Waals surface area contributed by atoms with Gasteiger partial charge in [-0.3, -0.25) is 9.59 Å². The highest BCUT2D eigenvalue weighted by Crippen LogP contribution is 2.28. The van der Waals surface area contributed by atoms with Gasteiger partial charge in [-0.25, -0.2) is 0 Å². The summed E-state index contributed by atoms with van der Waals surface area (Å²) in [4.78, 5) is 24.8. The zero-order valence-electron chi connectivity index (χ0n) is 10.7. The number of carbonyl (C=O) groups excluding carboxylic acids is 2. The van der Waals surface area contributed by atoms with Crippen molar-refractivity contribution < 1.29 is 14.3 Å². The maximum Gasteiger partial charge on any atom is 0.296 e. The molecule has 18 heavy (non-hydrogen) atoms. The lowest BCUT2D eigenvalue weighted by Crippen LogP contribution is -2.32. The number of fused-ring (bicyclic) bond motifs is 1. The second-order valence-corrected chi connectivity index (χ2v) is 4.43. The number of ether oxygens (including phenoxy) is 1. The van der Waals surface area contributed by atoms with Gasteiger partial charge in [0.1, 0.15) is 0 Å². The predicted octanol–water partition coefficient (Wildman–Crippen LogP) is 1.29. The van der Waals surface area contributed by atoms with Crippen LogP contribution in [-0.2, 0) is 9.53 Å². The molecule has 2 rings (SSSR count). The minimum Gasteiger partial charge on any atom is -0.383 e. The molecule has 0 aromatic heterocycles. The summed E-state index contributed by atoms with van der Waals surface area (Å²) in [6.45, 7) is 2.65. The number of methoxy groups -OCH3 is 1. The van der Waals surface area contributed by atoms with E-state index in [1.54, 1.807) is 13.2 Å². The molecule has 0 radical (unpaired) electrons. The van der Waals surface area contributed by atoms with Crippen molar-refractivity contribution in [3.8, 4) is 0 Å². The molecule has 5 nitrogen and oxygen atoms in total. The van der Waals surface area contributed by atoms with E-state index in [0.717, 1.165) is 5.69 Å². The molecule has 5 heteroatoms. The number of amides is 1. The number of Topliss-reactive ketones (excluding diaryl/α,β-unsaturated/α-hetero) is 1. The quantitative estimate of drug-likeness (QED) is 0.816. The van der Waals surface area contributed by atoms with Crippen LogP contribution in [0, 0.1) is 0 Å². The third-order valence-corrected chi connectivity index (χ3v) is 3.18. The van der Waals surface area contributed by atoms with Gasteiger partial charge in [0.05, 0.1) is 17.9 Å². The number of nitrogens with one attached hydrogen (secondary N) is 1. The molecule has 1 aromatic carbocycles. The van der Waals surface area contributed by atoms with Gasteiger partial charge in [-0.1, -0.05) is 0 Å². The third-order valence-electron chi connectivity index (χ3n) is 3.18. The Labute approximate surface area is 106 Å². The molecule has 1 amide bonds. The second-order valence-electron chi connectivity index (χ2n) is 4.43. The van der Waals surface area contributed by atoms with Crippen molar-refractivity contribution in [1.82, 2.24) is 0 Å². The minimum atomic E-state index is -0.560. The van der Waals surface area contributed by atoms with E-state index in [1.807, 2.05) is 31.0 Å². The highest BCUT2D eigenvalue weighted by atomic mass is 16.5. The fourth-order valence-corrected chi connectivity index (χ4v) is 1.96. The lowest BCUT2D eigenvalue weighted by Gasteiger charge is -2.26. The Morgan fingerprint density at radius 1 is 1.39 bits per heavy atom. The van der Waals surface area contributed by atoms with E-state index in [9.17, 15) is 9.59 Å². The van der Waals surface area contributed by atoms with E-state index < -0.39 is 11.7 Å². The molecule has 96 valence electrons. The highest BCUT2D eigenvalue weighted by Gasteiger charge is 2.28. The number of ketones is 1. The van der Waals surface area contributed by atoms with Crippen LogP contribution in [0.1, 0.15) is 17.3 Å². The Bertz CT molecular complexity index is 499. The fraction of sp³-hybridized carbons (Fsp3) is 0.385. The van der Waals surface area contributed by atoms with Gasteiger partial charge in [0.2, 0.25) is 0 Å². The van der Waals surface area contributed by atoms with E-state index in [0.29, 0.717) is 17.9 Å². The average molecular weight is 248 g/mol. The monoisotopic (exact) mass is 248 g/mol. The highest BCUT2D eigenvalue weighted by molar-refractivity contribution is 6.51. The van der Waals surface area contributed by atoms with Crippen molar-refractivity contribution in [3.05, 3.63) is 23.8 Å².